The molecule has 2 aliphatic rings. The molecule has 0 amide bonds. The van der Waals surface area contributed by atoms with Crippen LogP contribution in [0.25, 0.3) is 0 Å². The summed E-state index contributed by atoms with van der Waals surface area (Å²) in [5, 5.41) is 0. The third kappa shape index (κ3) is 3.30. The number of pyridine rings is 1. The van der Waals surface area contributed by atoms with E-state index in [0.29, 0.717) is 17.8 Å². The number of nitrogens with two attached hydrogens (primary N) is 1. The molecule has 2 aliphatic heterocycles. The molecule has 0 bridgehead atoms. The Morgan fingerprint density at radius 1 is 1.24 bits per heavy atom. The Balaban J connectivity index is 1.62. The lowest BCUT2D eigenvalue weighted by Crippen LogP contribution is -2.59. The molecule has 3 rings (SSSR count). The van der Waals surface area contributed by atoms with E-state index in [1.807, 2.05) is 0 Å². The van der Waals surface area contributed by atoms with Crippen LogP contribution in [0, 0.1) is 0 Å². The van der Waals surface area contributed by atoms with E-state index in [4.69, 9.17) is 5.73 Å². The number of rotatable bonds is 3. The van der Waals surface area contributed by atoms with Gasteiger partial charge in [-0.2, -0.15) is 0 Å². The van der Waals surface area contributed by atoms with Gasteiger partial charge in [-0.1, -0.05) is 6.42 Å². The van der Waals surface area contributed by atoms with Crippen molar-refractivity contribution >= 4 is 5.69 Å². The van der Waals surface area contributed by atoms with Crippen LogP contribution < -0.4 is 11.3 Å². The van der Waals surface area contributed by atoms with Crippen LogP contribution >= 0.6 is 0 Å². The molecule has 5 nitrogen and oxygen atoms in total. The molecule has 2 unspecified atom stereocenters. The van der Waals surface area contributed by atoms with Crippen molar-refractivity contribution in [1.82, 2.24) is 14.4 Å². The van der Waals surface area contributed by atoms with Crippen LogP contribution in [0.4, 0.5) is 5.69 Å². The van der Waals surface area contributed by atoms with E-state index in [-0.39, 0.29) is 5.56 Å². The van der Waals surface area contributed by atoms with Gasteiger partial charge in [-0.05, 0) is 32.4 Å². The molecule has 21 heavy (non-hydrogen) atoms. The zero-order valence-corrected chi connectivity index (χ0v) is 12.9. The van der Waals surface area contributed by atoms with Gasteiger partial charge in [0.1, 0.15) is 0 Å². The normalized spacial score (nSPS) is 27.5. The van der Waals surface area contributed by atoms with Crippen LogP contribution in [-0.4, -0.2) is 52.6 Å². The molecule has 0 aliphatic carbocycles. The van der Waals surface area contributed by atoms with Crippen molar-refractivity contribution in [2.45, 2.75) is 44.8 Å². The summed E-state index contributed by atoms with van der Waals surface area (Å²) in [4.78, 5) is 17.0. The summed E-state index contributed by atoms with van der Waals surface area (Å²) in [7, 11) is 0. The van der Waals surface area contributed by atoms with Gasteiger partial charge in [-0.15, -0.1) is 0 Å². The number of fused-ring (bicyclic) bond motifs is 1. The van der Waals surface area contributed by atoms with Gasteiger partial charge in [0.05, 0.1) is 0 Å². The number of nitrogens with zero attached hydrogens (tertiary/aromatic N) is 3. The van der Waals surface area contributed by atoms with Gasteiger partial charge >= 0.3 is 0 Å². The maximum Gasteiger partial charge on any atom is 0.250 e. The number of piperazine rings is 1. The third-order valence-corrected chi connectivity index (χ3v) is 4.95. The molecule has 2 fully saturated rings. The SMILES string of the molecule is CC1CN2CCCCC2CN1CCn1cc(N)ccc1=O. The molecular weight excluding hydrogens is 264 g/mol. The fourth-order valence-corrected chi connectivity index (χ4v) is 3.69. The second-order valence-corrected chi connectivity index (χ2v) is 6.48. The summed E-state index contributed by atoms with van der Waals surface area (Å²) in [6.07, 6.45) is 5.78. The Labute approximate surface area is 126 Å². The van der Waals surface area contributed by atoms with Gasteiger partial charge in [-0.25, -0.2) is 0 Å². The van der Waals surface area contributed by atoms with Crippen LogP contribution in [0.2, 0.25) is 0 Å². The zero-order chi connectivity index (χ0) is 14.8. The topological polar surface area (TPSA) is 54.5 Å². The Morgan fingerprint density at radius 2 is 2.10 bits per heavy atom. The largest absolute Gasteiger partial charge is 0.398 e. The van der Waals surface area contributed by atoms with Crippen LogP contribution in [0.5, 0.6) is 0 Å². The van der Waals surface area contributed by atoms with Gasteiger partial charge < -0.3 is 10.3 Å². The molecule has 0 radical (unpaired) electrons. The Bertz CT molecular complexity index is 541. The molecular formula is C16H26N4O. The van der Waals surface area contributed by atoms with E-state index in [0.717, 1.165) is 26.2 Å². The van der Waals surface area contributed by atoms with Crippen LogP contribution in [-0.2, 0) is 6.54 Å². The van der Waals surface area contributed by atoms with Gasteiger partial charge in [0, 0.05) is 56.2 Å². The third-order valence-electron chi connectivity index (χ3n) is 4.95. The maximum atomic E-state index is 11.8. The number of aromatic nitrogens is 1. The number of piperidine rings is 1. The first-order chi connectivity index (χ1) is 10.1. The lowest BCUT2D eigenvalue weighted by molar-refractivity contribution is 0.0137. The Kier molecular flexibility index (Phi) is 4.31. The van der Waals surface area contributed by atoms with Crippen molar-refractivity contribution in [3.05, 3.63) is 28.7 Å². The van der Waals surface area contributed by atoms with Crippen LogP contribution in [0.15, 0.2) is 23.1 Å². The molecule has 0 saturated carbocycles. The minimum Gasteiger partial charge on any atom is -0.398 e. The second kappa shape index (κ2) is 6.20. The van der Waals surface area contributed by atoms with E-state index in [1.165, 1.54) is 25.8 Å². The summed E-state index contributed by atoms with van der Waals surface area (Å²) in [6, 6.07) is 4.50. The second-order valence-electron chi connectivity index (χ2n) is 6.48. The molecule has 1 aromatic rings. The van der Waals surface area contributed by atoms with Crippen molar-refractivity contribution in [2.24, 2.45) is 0 Å². The van der Waals surface area contributed by atoms with Crippen LogP contribution in [0.1, 0.15) is 26.2 Å². The predicted octanol–water partition coefficient (Wildman–Crippen LogP) is 0.989. The van der Waals surface area contributed by atoms with Gasteiger partial charge in [0.2, 0.25) is 0 Å². The average molecular weight is 290 g/mol. The summed E-state index contributed by atoms with van der Waals surface area (Å²) < 4.78 is 1.73. The van der Waals surface area contributed by atoms with Crippen molar-refractivity contribution in [2.75, 3.05) is 31.9 Å². The van der Waals surface area contributed by atoms with Crippen molar-refractivity contribution in [3.8, 4) is 0 Å². The number of anilines is 1. The first-order valence-electron chi connectivity index (χ1n) is 8.07. The van der Waals surface area contributed by atoms with E-state index in [9.17, 15) is 4.79 Å². The molecule has 0 aromatic carbocycles. The molecule has 3 heterocycles. The summed E-state index contributed by atoms with van der Waals surface area (Å²) in [5.74, 6) is 0. The molecule has 116 valence electrons. The van der Waals surface area contributed by atoms with Crippen molar-refractivity contribution in [1.29, 1.82) is 0 Å². The quantitative estimate of drug-likeness (QED) is 0.902. The summed E-state index contributed by atoms with van der Waals surface area (Å²) in [5.41, 5.74) is 6.46. The lowest BCUT2D eigenvalue weighted by Gasteiger charge is -2.47. The summed E-state index contributed by atoms with van der Waals surface area (Å²) >= 11 is 0. The smallest absolute Gasteiger partial charge is 0.250 e. The average Bonchev–Trinajstić information content (AvgIpc) is 2.48. The minimum absolute atomic E-state index is 0.0353. The number of hydrogen-bond donors (Lipinski definition) is 1. The highest BCUT2D eigenvalue weighted by molar-refractivity contribution is 5.33. The molecule has 5 heteroatoms. The number of nitrogen functional groups attached to an aromatic ring is 1. The van der Waals surface area contributed by atoms with E-state index in [1.54, 1.807) is 22.9 Å². The zero-order valence-electron chi connectivity index (χ0n) is 12.9. The summed E-state index contributed by atoms with van der Waals surface area (Å²) in [6.45, 7) is 7.51. The highest BCUT2D eigenvalue weighted by atomic mass is 16.1. The van der Waals surface area contributed by atoms with Crippen molar-refractivity contribution < 1.29 is 0 Å². The Hall–Kier alpha value is -1.33. The van der Waals surface area contributed by atoms with Crippen LogP contribution in [0.3, 0.4) is 0 Å². The highest BCUT2D eigenvalue weighted by Crippen LogP contribution is 2.23. The van der Waals surface area contributed by atoms with Gasteiger partial charge in [0.25, 0.3) is 5.56 Å². The molecule has 2 atom stereocenters. The first-order valence-corrected chi connectivity index (χ1v) is 8.07. The molecule has 1 aromatic heterocycles. The first kappa shape index (κ1) is 14.6. The van der Waals surface area contributed by atoms with E-state index >= 15 is 0 Å². The fourth-order valence-electron chi connectivity index (χ4n) is 3.69. The molecule has 2 N–H and O–H groups in total. The van der Waals surface area contributed by atoms with E-state index < -0.39 is 0 Å². The van der Waals surface area contributed by atoms with Crippen molar-refractivity contribution in [3.63, 3.8) is 0 Å². The fraction of sp³-hybridized carbons (Fsp3) is 0.688. The Morgan fingerprint density at radius 3 is 2.95 bits per heavy atom. The van der Waals surface area contributed by atoms with Gasteiger partial charge in [0.15, 0.2) is 0 Å². The maximum absolute atomic E-state index is 11.8. The number of hydrogen-bond acceptors (Lipinski definition) is 4. The highest BCUT2D eigenvalue weighted by Gasteiger charge is 2.32. The van der Waals surface area contributed by atoms with Gasteiger partial charge in [-0.3, -0.25) is 14.6 Å². The standard InChI is InChI=1S/C16H26N4O/c1-13-10-19-7-3-2-4-15(19)12-18(13)8-9-20-11-14(17)5-6-16(20)21/h5-6,11,13,15H,2-4,7-10,12,17H2,1H3. The minimum atomic E-state index is 0.0353. The predicted molar refractivity (Wildman–Crippen MR) is 85.4 cm³/mol. The molecule has 2 saturated heterocycles. The lowest BCUT2D eigenvalue weighted by atomic mass is 9.97. The monoisotopic (exact) mass is 290 g/mol. The van der Waals surface area contributed by atoms with E-state index in [2.05, 4.69) is 16.7 Å². The molecule has 0 spiro atoms.